The molecule has 1 aliphatic rings. The fraction of sp³-hybridized carbons (Fsp3) is 1.00. The molecular formula is C8H16O. The van der Waals surface area contributed by atoms with Gasteiger partial charge in [0, 0.05) is 0 Å². The molecule has 1 rings (SSSR count). The minimum absolute atomic E-state index is 0.0289. The molecule has 0 amide bonds. The summed E-state index contributed by atoms with van der Waals surface area (Å²) in [5.41, 5.74) is 0. The Hall–Kier alpha value is -0.0400. The van der Waals surface area contributed by atoms with E-state index in [0.29, 0.717) is 11.8 Å². The maximum Gasteiger partial charge on any atom is 0.0591 e. The average molecular weight is 128 g/mol. The molecule has 0 saturated heterocycles. The van der Waals surface area contributed by atoms with E-state index < -0.39 is 0 Å². The minimum atomic E-state index is -0.0289. The van der Waals surface area contributed by atoms with Gasteiger partial charge in [0.25, 0.3) is 0 Å². The molecule has 1 saturated carbocycles. The number of rotatable bonds is 2. The molecule has 0 unspecified atom stereocenters. The normalized spacial score (nSPS) is 24.0. The first-order valence-electron chi connectivity index (χ1n) is 3.90. The van der Waals surface area contributed by atoms with Crippen molar-refractivity contribution >= 4 is 0 Å². The second kappa shape index (κ2) is 2.70. The Bertz CT molecular complexity index is 84.6. The molecule has 0 radical (unpaired) electrons. The van der Waals surface area contributed by atoms with Gasteiger partial charge in [-0.1, -0.05) is 20.3 Å². The van der Waals surface area contributed by atoms with Crippen molar-refractivity contribution in [1.29, 1.82) is 0 Å². The average Bonchev–Trinajstić information content (AvgIpc) is 1.60. The molecule has 1 aliphatic carbocycles. The maximum absolute atomic E-state index is 9.45. The Morgan fingerprint density at radius 3 is 2.00 bits per heavy atom. The molecular weight excluding hydrogens is 112 g/mol. The molecule has 1 fully saturated rings. The standard InChI is InChI=1S/C8H16O/c1-6(2)8(9)7-4-3-5-7/h6-9H,3-5H2,1-2H3/t8-/m0/s1. The van der Waals surface area contributed by atoms with Crippen molar-refractivity contribution in [3.63, 3.8) is 0 Å². The summed E-state index contributed by atoms with van der Waals surface area (Å²) in [6, 6.07) is 0. The zero-order valence-corrected chi connectivity index (χ0v) is 6.30. The van der Waals surface area contributed by atoms with Gasteiger partial charge in [-0.15, -0.1) is 0 Å². The Morgan fingerprint density at radius 2 is 1.89 bits per heavy atom. The van der Waals surface area contributed by atoms with Gasteiger partial charge in [-0.2, -0.15) is 0 Å². The second-order valence-corrected chi connectivity index (χ2v) is 3.43. The van der Waals surface area contributed by atoms with E-state index in [1.807, 2.05) is 0 Å². The van der Waals surface area contributed by atoms with E-state index in [-0.39, 0.29) is 6.10 Å². The lowest BCUT2D eigenvalue weighted by molar-refractivity contribution is 0.0268. The van der Waals surface area contributed by atoms with Gasteiger partial charge in [-0.25, -0.2) is 0 Å². The fourth-order valence-corrected chi connectivity index (χ4v) is 1.33. The molecule has 0 aromatic heterocycles. The van der Waals surface area contributed by atoms with E-state index in [0.717, 1.165) is 0 Å². The summed E-state index contributed by atoms with van der Waals surface area (Å²) < 4.78 is 0. The van der Waals surface area contributed by atoms with Crippen molar-refractivity contribution in [1.82, 2.24) is 0 Å². The van der Waals surface area contributed by atoms with Crippen LogP contribution in [0.25, 0.3) is 0 Å². The van der Waals surface area contributed by atoms with Gasteiger partial charge in [0.1, 0.15) is 0 Å². The number of aliphatic hydroxyl groups excluding tert-OH is 1. The highest BCUT2D eigenvalue weighted by molar-refractivity contribution is 4.78. The lowest BCUT2D eigenvalue weighted by Gasteiger charge is -2.32. The predicted octanol–water partition coefficient (Wildman–Crippen LogP) is 1.80. The van der Waals surface area contributed by atoms with Crippen LogP contribution in [0.3, 0.4) is 0 Å². The number of hydrogen-bond acceptors (Lipinski definition) is 1. The van der Waals surface area contributed by atoms with E-state index >= 15 is 0 Å². The maximum atomic E-state index is 9.45. The number of aliphatic hydroxyl groups is 1. The van der Waals surface area contributed by atoms with Crippen LogP contribution in [-0.4, -0.2) is 11.2 Å². The van der Waals surface area contributed by atoms with Gasteiger partial charge in [0.2, 0.25) is 0 Å². The summed E-state index contributed by atoms with van der Waals surface area (Å²) in [5, 5.41) is 9.45. The quantitative estimate of drug-likeness (QED) is 0.601. The highest BCUT2D eigenvalue weighted by Crippen LogP contribution is 2.32. The van der Waals surface area contributed by atoms with E-state index in [9.17, 15) is 5.11 Å². The highest BCUT2D eigenvalue weighted by Gasteiger charge is 2.27. The molecule has 1 heteroatoms. The molecule has 9 heavy (non-hydrogen) atoms. The van der Waals surface area contributed by atoms with E-state index in [2.05, 4.69) is 13.8 Å². The summed E-state index contributed by atoms with van der Waals surface area (Å²) in [4.78, 5) is 0. The number of hydrogen-bond donors (Lipinski definition) is 1. The lowest BCUT2D eigenvalue weighted by atomic mass is 9.77. The zero-order chi connectivity index (χ0) is 6.85. The van der Waals surface area contributed by atoms with Crippen LogP contribution >= 0.6 is 0 Å². The molecule has 0 aromatic carbocycles. The highest BCUT2D eigenvalue weighted by atomic mass is 16.3. The smallest absolute Gasteiger partial charge is 0.0591 e. The Kier molecular flexibility index (Phi) is 2.12. The first kappa shape index (κ1) is 7.07. The van der Waals surface area contributed by atoms with Crippen molar-refractivity contribution in [2.75, 3.05) is 0 Å². The van der Waals surface area contributed by atoms with Gasteiger partial charge in [0.05, 0.1) is 6.10 Å². The van der Waals surface area contributed by atoms with Crippen LogP contribution in [0.5, 0.6) is 0 Å². The van der Waals surface area contributed by atoms with Gasteiger partial charge < -0.3 is 5.11 Å². The lowest BCUT2D eigenvalue weighted by Crippen LogP contribution is -2.30. The monoisotopic (exact) mass is 128 g/mol. The Morgan fingerprint density at radius 1 is 1.33 bits per heavy atom. The van der Waals surface area contributed by atoms with Crippen LogP contribution < -0.4 is 0 Å². The van der Waals surface area contributed by atoms with Crippen LogP contribution in [0.15, 0.2) is 0 Å². The van der Waals surface area contributed by atoms with Crippen LogP contribution in [0.4, 0.5) is 0 Å². The summed E-state index contributed by atoms with van der Waals surface area (Å²) in [7, 11) is 0. The van der Waals surface area contributed by atoms with Gasteiger partial charge in [-0.3, -0.25) is 0 Å². The van der Waals surface area contributed by atoms with Crippen LogP contribution in [0, 0.1) is 11.8 Å². The Balaban J connectivity index is 2.23. The Labute approximate surface area is 57.1 Å². The van der Waals surface area contributed by atoms with Crippen molar-refractivity contribution in [2.45, 2.75) is 39.2 Å². The third kappa shape index (κ3) is 1.45. The van der Waals surface area contributed by atoms with Crippen molar-refractivity contribution in [2.24, 2.45) is 11.8 Å². The topological polar surface area (TPSA) is 20.2 Å². The summed E-state index contributed by atoms with van der Waals surface area (Å²) in [6.07, 6.45) is 3.80. The first-order chi connectivity index (χ1) is 4.22. The van der Waals surface area contributed by atoms with Crippen molar-refractivity contribution in [3.8, 4) is 0 Å². The molecule has 54 valence electrons. The predicted molar refractivity (Wildman–Crippen MR) is 38.2 cm³/mol. The van der Waals surface area contributed by atoms with E-state index in [1.54, 1.807) is 0 Å². The van der Waals surface area contributed by atoms with Crippen LogP contribution in [0.1, 0.15) is 33.1 Å². The van der Waals surface area contributed by atoms with E-state index in [1.165, 1.54) is 19.3 Å². The third-order valence-electron chi connectivity index (χ3n) is 2.32. The molecule has 0 heterocycles. The molecule has 1 nitrogen and oxygen atoms in total. The summed E-state index contributed by atoms with van der Waals surface area (Å²) >= 11 is 0. The molecule has 1 atom stereocenters. The molecule has 1 N–H and O–H groups in total. The largest absolute Gasteiger partial charge is 0.393 e. The minimum Gasteiger partial charge on any atom is -0.393 e. The zero-order valence-electron chi connectivity index (χ0n) is 6.30. The summed E-state index contributed by atoms with van der Waals surface area (Å²) in [5.74, 6) is 1.08. The summed E-state index contributed by atoms with van der Waals surface area (Å²) in [6.45, 7) is 4.17. The first-order valence-corrected chi connectivity index (χ1v) is 3.90. The molecule has 0 aliphatic heterocycles. The molecule has 0 aromatic rings. The molecule has 0 bridgehead atoms. The van der Waals surface area contributed by atoms with E-state index in [4.69, 9.17) is 0 Å². The van der Waals surface area contributed by atoms with Gasteiger partial charge in [0.15, 0.2) is 0 Å². The van der Waals surface area contributed by atoms with Crippen LogP contribution in [-0.2, 0) is 0 Å². The third-order valence-corrected chi connectivity index (χ3v) is 2.32. The van der Waals surface area contributed by atoms with Crippen LogP contribution in [0.2, 0.25) is 0 Å². The second-order valence-electron chi connectivity index (χ2n) is 3.43. The van der Waals surface area contributed by atoms with Crippen molar-refractivity contribution in [3.05, 3.63) is 0 Å². The fourth-order valence-electron chi connectivity index (χ4n) is 1.33. The SMILES string of the molecule is CC(C)[C@H](O)C1CCC1. The molecule has 0 spiro atoms. The van der Waals surface area contributed by atoms with Gasteiger partial charge >= 0.3 is 0 Å². The van der Waals surface area contributed by atoms with Gasteiger partial charge in [-0.05, 0) is 24.7 Å². The van der Waals surface area contributed by atoms with Crippen molar-refractivity contribution < 1.29 is 5.11 Å².